The molecule has 0 unspecified atom stereocenters. The lowest BCUT2D eigenvalue weighted by Gasteiger charge is -2.08. The second-order valence-corrected chi connectivity index (χ2v) is 6.14. The predicted molar refractivity (Wildman–Crippen MR) is 89.4 cm³/mol. The molecule has 0 aliphatic carbocycles. The van der Waals surface area contributed by atoms with Gasteiger partial charge in [-0.15, -0.1) is 0 Å². The number of alkyl halides is 1. The molecule has 0 bridgehead atoms. The molecule has 0 aliphatic heterocycles. The van der Waals surface area contributed by atoms with Gasteiger partial charge in [0.05, 0.1) is 10.6 Å². The fraction of sp³-hybridized carbons (Fsp3) is 0.133. The first-order valence-corrected chi connectivity index (χ1v) is 8.26. The number of amides is 1. The lowest BCUT2D eigenvalue weighted by atomic mass is 10.1. The van der Waals surface area contributed by atoms with E-state index < -0.39 is 0 Å². The van der Waals surface area contributed by atoms with Crippen LogP contribution in [0.3, 0.4) is 0 Å². The van der Waals surface area contributed by atoms with Gasteiger partial charge in [0.25, 0.3) is 5.91 Å². The zero-order valence-corrected chi connectivity index (χ0v) is 14.4. The van der Waals surface area contributed by atoms with Crippen LogP contribution in [0.25, 0.3) is 0 Å². The van der Waals surface area contributed by atoms with Gasteiger partial charge >= 0.3 is 0 Å². The predicted octanol–water partition coefficient (Wildman–Crippen LogP) is 4.93. The number of benzene rings is 2. The first-order valence-electron chi connectivity index (χ1n) is 5.97. The second-order valence-electron chi connectivity index (χ2n) is 4.26. The molecule has 2 aromatic carbocycles. The number of rotatable bonds is 4. The highest BCUT2D eigenvalue weighted by Crippen LogP contribution is 2.21. The summed E-state index contributed by atoms with van der Waals surface area (Å²) in [4.78, 5) is 12.1. The number of hydrogen-bond acceptors (Lipinski definition) is 1. The maximum atomic E-state index is 12.1. The summed E-state index contributed by atoms with van der Waals surface area (Å²) >= 11 is 12.8. The molecule has 20 heavy (non-hydrogen) atoms. The maximum absolute atomic E-state index is 12.1. The molecule has 104 valence electrons. The van der Waals surface area contributed by atoms with Crippen molar-refractivity contribution in [2.75, 3.05) is 0 Å². The van der Waals surface area contributed by atoms with E-state index in [1.54, 1.807) is 18.2 Å². The molecule has 0 fully saturated rings. The van der Waals surface area contributed by atoms with Gasteiger partial charge in [0.15, 0.2) is 0 Å². The van der Waals surface area contributed by atoms with Crippen LogP contribution in [0.15, 0.2) is 46.9 Å². The van der Waals surface area contributed by atoms with Gasteiger partial charge in [0.1, 0.15) is 0 Å². The van der Waals surface area contributed by atoms with Crippen LogP contribution in [0.1, 0.15) is 21.5 Å². The summed E-state index contributed by atoms with van der Waals surface area (Å²) in [6, 6.07) is 13.3. The Balaban J connectivity index is 2.04. The minimum absolute atomic E-state index is 0.174. The third kappa shape index (κ3) is 4.08. The van der Waals surface area contributed by atoms with Crippen molar-refractivity contribution in [2.45, 2.75) is 11.9 Å². The molecule has 0 saturated carbocycles. The molecule has 5 heteroatoms. The van der Waals surface area contributed by atoms with Crippen LogP contribution in [0.2, 0.25) is 5.02 Å². The number of halogens is 3. The molecule has 2 aromatic rings. The second kappa shape index (κ2) is 7.25. The fourth-order valence-electron chi connectivity index (χ4n) is 1.77. The Hall–Kier alpha value is -0.840. The lowest BCUT2D eigenvalue weighted by molar-refractivity contribution is 0.0951. The van der Waals surface area contributed by atoms with Crippen molar-refractivity contribution in [2.24, 2.45) is 0 Å². The molecule has 0 atom stereocenters. The van der Waals surface area contributed by atoms with E-state index in [0.717, 1.165) is 15.4 Å². The topological polar surface area (TPSA) is 29.1 Å². The third-order valence-corrected chi connectivity index (χ3v) is 4.23. The summed E-state index contributed by atoms with van der Waals surface area (Å²) < 4.78 is 0.851. The molecule has 2 nitrogen and oxygen atoms in total. The Morgan fingerprint density at radius 2 is 1.90 bits per heavy atom. The van der Waals surface area contributed by atoms with E-state index in [-0.39, 0.29) is 5.91 Å². The van der Waals surface area contributed by atoms with Crippen molar-refractivity contribution in [1.29, 1.82) is 0 Å². The fourth-order valence-corrected chi connectivity index (χ4v) is 2.88. The van der Waals surface area contributed by atoms with Crippen LogP contribution in [0, 0.1) is 0 Å². The Kier molecular flexibility index (Phi) is 5.64. The Bertz CT molecular complexity index is 631. The van der Waals surface area contributed by atoms with Gasteiger partial charge in [0.2, 0.25) is 0 Å². The van der Waals surface area contributed by atoms with E-state index in [0.29, 0.717) is 17.1 Å². The van der Waals surface area contributed by atoms with Crippen LogP contribution in [-0.2, 0) is 11.9 Å². The highest BCUT2D eigenvalue weighted by Gasteiger charge is 2.10. The Morgan fingerprint density at radius 1 is 1.15 bits per heavy atom. The molecule has 0 radical (unpaired) electrons. The van der Waals surface area contributed by atoms with Crippen molar-refractivity contribution in [3.8, 4) is 0 Å². The third-order valence-electron chi connectivity index (χ3n) is 2.77. The van der Waals surface area contributed by atoms with Crippen LogP contribution >= 0.6 is 43.5 Å². The normalized spacial score (nSPS) is 10.3. The molecule has 0 aliphatic rings. The van der Waals surface area contributed by atoms with Gasteiger partial charge in [-0.1, -0.05) is 67.7 Å². The van der Waals surface area contributed by atoms with Gasteiger partial charge < -0.3 is 5.32 Å². The van der Waals surface area contributed by atoms with Crippen molar-refractivity contribution >= 4 is 49.4 Å². The van der Waals surface area contributed by atoms with E-state index >= 15 is 0 Å². The molecule has 0 aromatic heterocycles. The largest absolute Gasteiger partial charge is 0.348 e. The van der Waals surface area contributed by atoms with E-state index in [1.807, 2.05) is 18.2 Å². The highest BCUT2D eigenvalue weighted by molar-refractivity contribution is 9.10. The number of carbonyl (C=O) groups excluding carboxylic acids is 1. The maximum Gasteiger partial charge on any atom is 0.253 e. The van der Waals surface area contributed by atoms with Crippen LogP contribution < -0.4 is 5.32 Å². The minimum Gasteiger partial charge on any atom is -0.348 e. The van der Waals surface area contributed by atoms with Crippen LogP contribution in [0.4, 0.5) is 0 Å². The number of nitrogens with one attached hydrogen (secondary N) is 1. The summed E-state index contributed by atoms with van der Waals surface area (Å²) in [5, 5.41) is 4.11. The number of hydrogen-bond donors (Lipinski definition) is 1. The first-order chi connectivity index (χ1) is 9.60. The highest BCUT2D eigenvalue weighted by atomic mass is 79.9. The van der Waals surface area contributed by atoms with Gasteiger partial charge in [0, 0.05) is 16.3 Å². The zero-order chi connectivity index (χ0) is 14.5. The summed E-state index contributed by atoms with van der Waals surface area (Å²) in [6.07, 6.45) is 0. The molecule has 0 heterocycles. The van der Waals surface area contributed by atoms with E-state index in [2.05, 4.69) is 43.2 Å². The molecule has 2 rings (SSSR count). The molecule has 1 N–H and O–H groups in total. The Morgan fingerprint density at radius 3 is 2.60 bits per heavy atom. The summed E-state index contributed by atoms with van der Waals surface area (Å²) in [5.74, 6) is -0.174. The van der Waals surface area contributed by atoms with Crippen molar-refractivity contribution in [3.05, 3.63) is 68.7 Å². The standard InChI is InChI=1S/C15H12Br2ClNO/c16-8-10-2-1-3-11(6-10)9-19-15(20)13-5-4-12(17)7-14(13)18/h1-7H,8-9H2,(H,19,20). The van der Waals surface area contributed by atoms with Crippen LogP contribution in [0.5, 0.6) is 0 Å². The lowest BCUT2D eigenvalue weighted by Crippen LogP contribution is -2.23. The minimum atomic E-state index is -0.174. The van der Waals surface area contributed by atoms with Crippen molar-refractivity contribution in [3.63, 3.8) is 0 Å². The van der Waals surface area contributed by atoms with E-state index in [9.17, 15) is 4.79 Å². The van der Waals surface area contributed by atoms with Gasteiger partial charge in [-0.05, 0) is 29.3 Å². The molecular weight excluding hydrogens is 405 g/mol. The smallest absolute Gasteiger partial charge is 0.253 e. The van der Waals surface area contributed by atoms with Gasteiger partial charge in [-0.25, -0.2) is 0 Å². The van der Waals surface area contributed by atoms with Crippen molar-refractivity contribution < 1.29 is 4.79 Å². The summed E-state index contributed by atoms with van der Waals surface area (Å²) in [7, 11) is 0. The van der Waals surface area contributed by atoms with Gasteiger partial charge in [-0.2, -0.15) is 0 Å². The molecule has 0 saturated heterocycles. The summed E-state index contributed by atoms with van der Waals surface area (Å²) in [6.45, 7) is 0.478. The molecular formula is C15H12Br2ClNO. The molecule has 1 amide bonds. The van der Waals surface area contributed by atoms with Crippen LogP contribution in [-0.4, -0.2) is 5.91 Å². The van der Waals surface area contributed by atoms with Crippen molar-refractivity contribution in [1.82, 2.24) is 5.32 Å². The Labute approximate surface area is 139 Å². The SMILES string of the molecule is O=C(NCc1cccc(CBr)c1)c1ccc(Br)cc1Cl. The summed E-state index contributed by atoms with van der Waals surface area (Å²) in [5.41, 5.74) is 2.72. The molecule has 0 spiro atoms. The quantitative estimate of drug-likeness (QED) is 0.703. The first kappa shape index (κ1) is 15.5. The average Bonchev–Trinajstić information content (AvgIpc) is 2.45. The van der Waals surface area contributed by atoms with E-state index in [1.165, 1.54) is 5.56 Å². The number of carbonyl (C=O) groups is 1. The zero-order valence-electron chi connectivity index (χ0n) is 10.5. The van der Waals surface area contributed by atoms with Gasteiger partial charge in [-0.3, -0.25) is 4.79 Å². The monoisotopic (exact) mass is 415 g/mol. The average molecular weight is 418 g/mol. The van der Waals surface area contributed by atoms with E-state index in [4.69, 9.17) is 11.6 Å².